The minimum absolute atomic E-state index is 0.397. The van der Waals surface area contributed by atoms with Crippen LogP contribution in [-0.2, 0) is 11.3 Å². The molecule has 1 N–H and O–H groups in total. The van der Waals surface area contributed by atoms with E-state index in [-0.39, 0.29) is 0 Å². The molecule has 1 aliphatic heterocycles. The Kier molecular flexibility index (Phi) is 3.76. The van der Waals surface area contributed by atoms with Crippen LogP contribution in [0.15, 0.2) is 36.5 Å². The molecular weight excluding hydrogens is 236 g/mol. The molecule has 1 saturated heterocycles. The number of rotatable bonds is 4. The maximum atomic E-state index is 5.58. The van der Waals surface area contributed by atoms with E-state index in [0.29, 0.717) is 12.0 Å². The Morgan fingerprint density at radius 3 is 3.16 bits per heavy atom. The van der Waals surface area contributed by atoms with Crippen LogP contribution in [0, 0.1) is 5.92 Å². The van der Waals surface area contributed by atoms with Crippen molar-refractivity contribution in [3.8, 4) is 0 Å². The lowest BCUT2D eigenvalue weighted by atomic mass is 10.0. The molecule has 0 radical (unpaired) electrons. The smallest absolute Gasteiger partial charge is 0.0702 e. The molecule has 1 fully saturated rings. The van der Waals surface area contributed by atoms with Gasteiger partial charge in [-0.3, -0.25) is 4.98 Å². The first-order valence-corrected chi connectivity index (χ1v) is 6.99. The van der Waals surface area contributed by atoms with Crippen molar-refractivity contribution >= 4 is 10.9 Å². The number of ether oxygens (including phenoxy) is 1. The zero-order valence-corrected chi connectivity index (χ0v) is 11.3. The molecule has 0 bridgehead atoms. The van der Waals surface area contributed by atoms with Crippen molar-refractivity contribution in [3.63, 3.8) is 0 Å². The van der Waals surface area contributed by atoms with E-state index < -0.39 is 0 Å². The molecule has 1 aromatic heterocycles. The fourth-order valence-electron chi connectivity index (χ4n) is 2.68. The second-order valence-electron chi connectivity index (χ2n) is 5.29. The van der Waals surface area contributed by atoms with E-state index >= 15 is 0 Å². The first kappa shape index (κ1) is 12.6. The monoisotopic (exact) mass is 256 g/mol. The second-order valence-corrected chi connectivity index (χ2v) is 5.29. The molecule has 19 heavy (non-hydrogen) atoms. The average molecular weight is 256 g/mol. The topological polar surface area (TPSA) is 34.1 Å². The van der Waals surface area contributed by atoms with Gasteiger partial charge >= 0.3 is 0 Å². The molecule has 0 saturated carbocycles. The predicted octanol–water partition coefficient (Wildman–Crippen LogP) is 2.75. The van der Waals surface area contributed by atoms with Gasteiger partial charge in [0.2, 0.25) is 0 Å². The molecule has 0 aliphatic carbocycles. The molecule has 2 unspecified atom stereocenters. The van der Waals surface area contributed by atoms with E-state index in [0.717, 1.165) is 25.2 Å². The van der Waals surface area contributed by atoms with Crippen LogP contribution in [0.4, 0.5) is 0 Å². The lowest BCUT2D eigenvalue weighted by Gasteiger charge is -2.14. The first-order chi connectivity index (χ1) is 9.33. The molecule has 0 spiro atoms. The van der Waals surface area contributed by atoms with Crippen LogP contribution >= 0.6 is 0 Å². The van der Waals surface area contributed by atoms with E-state index in [9.17, 15) is 0 Å². The number of hydrogen-bond donors (Lipinski definition) is 1. The number of fused-ring (bicyclic) bond motifs is 1. The van der Waals surface area contributed by atoms with Crippen LogP contribution in [0.25, 0.3) is 10.9 Å². The minimum atomic E-state index is 0.397. The van der Waals surface area contributed by atoms with Gasteiger partial charge in [0.25, 0.3) is 0 Å². The van der Waals surface area contributed by atoms with Crippen LogP contribution in [0.5, 0.6) is 0 Å². The van der Waals surface area contributed by atoms with Crippen LogP contribution in [0.3, 0.4) is 0 Å². The van der Waals surface area contributed by atoms with Crippen molar-refractivity contribution in [1.29, 1.82) is 0 Å². The van der Waals surface area contributed by atoms with Gasteiger partial charge in [-0.25, -0.2) is 0 Å². The van der Waals surface area contributed by atoms with Crippen molar-refractivity contribution in [1.82, 2.24) is 10.3 Å². The third kappa shape index (κ3) is 2.94. The fourth-order valence-corrected chi connectivity index (χ4v) is 2.68. The summed E-state index contributed by atoms with van der Waals surface area (Å²) in [5, 5.41) is 4.75. The standard InChI is InChI=1S/C16H20N2O/c1-12-15(6-8-19-12)11-17-10-13-4-5-16-14(9-13)3-2-7-18-16/h2-5,7,9,12,15,17H,6,8,10-11H2,1H3. The van der Waals surface area contributed by atoms with Crippen LogP contribution < -0.4 is 5.32 Å². The van der Waals surface area contributed by atoms with Gasteiger partial charge in [0.05, 0.1) is 11.6 Å². The molecule has 1 aromatic carbocycles. The fraction of sp³-hybridized carbons (Fsp3) is 0.438. The Bertz CT molecular complexity index is 555. The highest BCUT2D eigenvalue weighted by atomic mass is 16.5. The second kappa shape index (κ2) is 5.68. The maximum absolute atomic E-state index is 5.58. The van der Waals surface area contributed by atoms with Gasteiger partial charge in [0.15, 0.2) is 0 Å². The quantitative estimate of drug-likeness (QED) is 0.913. The Hall–Kier alpha value is -1.45. The molecule has 100 valence electrons. The number of aromatic nitrogens is 1. The normalized spacial score (nSPS) is 23.0. The van der Waals surface area contributed by atoms with Crippen LogP contribution in [-0.4, -0.2) is 24.2 Å². The van der Waals surface area contributed by atoms with Crippen molar-refractivity contribution in [2.75, 3.05) is 13.2 Å². The molecule has 0 amide bonds. The average Bonchev–Trinajstić information content (AvgIpc) is 2.84. The van der Waals surface area contributed by atoms with E-state index in [1.165, 1.54) is 17.4 Å². The number of nitrogens with one attached hydrogen (secondary N) is 1. The Balaban J connectivity index is 1.59. The summed E-state index contributed by atoms with van der Waals surface area (Å²) in [4.78, 5) is 4.34. The molecular formula is C16H20N2O. The van der Waals surface area contributed by atoms with Gasteiger partial charge in [-0.15, -0.1) is 0 Å². The Morgan fingerprint density at radius 2 is 2.32 bits per heavy atom. The van der Waals surface area contributed by atoms with Gasteiger partial charge < -0.3 is 10.1 Å². The van der Waals surface area contributed by atoms with E-state index in [1.807, 2.05) is 12.3 Å². The van der Waals surface area contributed by atoms with Crippen molar-refractivity contribution in [2.24, 2.45) is 5.92 Å². The van der Waals surface area contributed by atoms with Crippen molar-refractivity contribution in [3.05, 3.63) is 42.1 Å². The van der Waals surface area contributed by atoms with Gasteiger partial charge in [-0.05, 0) is 43.0 Å². The molecule has 1 aliphatic rings. The van der Waals surface area contributed by atoms with Crippen LogP contribution in [0.1, 0.15) is 18.9 Å². The van der Waals surface area contributed by atoms with E-state index in [4.69, 9.17) is 4.74 Å². The number of benzene rings is 1. The first-order valence-electron chi connectivity index (χ1n) is 6.99. The predicted molar refractivity (Wildman–Crippen MR) is 77.0 cm³/mol. The van der Waals surface area contributed by atoms with Crippen molar-refractivity contribution < 1.29 is 4.74 Å². The van der Waals surface area contributed by atoms with Crippen LogP contribution in [0.2, 0.25) is 0 Å². The molecule has 3 rings (SSSR count). The summed E-state index contributed by atoms with van der Waals surface area (Å²) in [7, 11) is 0. The molecule has 2 aromatic rings. The summed E-state index contributed by atoms with van der Waals surface area (Å²) in [5.41, 5.74) is 2.37. The summed E-state index contributed by atoms with van der Waals surface area (Å²) in [6, 6.07) is 10.5. The zero-order valence-electron chi connectivity index (χ0n) is 11.3. The van der Waals surface area contributed by atoms with Gasteiger partial charge in [-0.2, -0.15) is 0 Å². The number of hydrogen-bond acceptors (Lipinski definition) is 3. The molecule has 3 heteroatoms. The molecule has 2 atom stereocenters. The highest BCUT2D eigenvalue weighted by Gasteiger charge is 2.23. The van der Waals surface area contributed by atoms with Gasteiger partial charge in [-0.1, -0.05) is 12.1 Å². The van der Waals surface area contributed by atoms with Crippen molar-refractivity contribution in [2.45, 2.75) is 26.0 Å². The number of pyridine rings is 1. The lowest BCUT2D eigenvalue weighted by molar-refractivity contribution is 0.105. The minimum Gasteiger partial charge on any atom is -0.378 e. The lowest BCUT2D eigenvalue weighted by Crippen LogP contribution is -2.26. The summed E-state index contributed by atoms with van der Waals surface area (Å²) in [6.45, 7) is 5.02. The maximum Gasteiger partial charge on any atom is 0.0702 e. The van der Waals surface area contributed by atoms with Gasteiger partial charge in [0, 0.05) is 31.3 Å². The summed E-state index contributed by atoms with van der Waals surface area (Å²) < 4.78 is 5.58. The largest absolute Gasteiger partial charge is 0.378 e. The zero-order chi connectivity index (χ0) is 13.1. The molecule has 3 nitrogen and oxygen atoms in total. The summed E-state index contributed by atoms with van der Waals surface area (Å²) in [6.07, 6.45) is 3.41. The Labute approximate surface area is 114 Å². The Morgan fingerprint density at radius 1 is 1.37 bits per heavy atom. The highest BCUT2D eigenvalue weighted by Crippen LogP contribution is 2.19. The molecule has 2 heterocycles. The summed E-state index contributed by atoms with van der Waals surface area (Å²) in [5.74, 6) is 0.655. The third-order valence-corrected chi connectivity index (χ3v) is 3.94. The van der Waals surface area contributed by atoms with Gasteiger partial charge in [0.1, 0.15) is 0 Å². The summed E-state index contributed by atoms with van der Waals surface area (Å²) >= 11 is 0. The van der Waals surface area contributed by atoms with E-state index in [1.54, 1.807) is 0 Å². The van der Waals surface area contributed by atoms with E-state index in [2.05, 4.69) is 41.5 Å². The SMILES string of the molecule is CC1OCCC1CNCc1ccc2ncccc2c1. The number of nitrogens with zero attached hydrogens (tertiary/aromatic N) is 1. The third-order valence-electron chi connectivity index (χ3n) is 3.94. The highest BCUT2D eigenvalue weighted by molar-refractivity contribution is 5.78.